The minimum atomic E-state index is -0.590. The topological polar surface area (TPSA) is 50.2 Å². The Morgan fingerprint density at radius 2 is 1.91 bits per heavy atom. The fourth-order valence-corrected chi connectivity index (χ4v) is 6.52. The van der Waals surface area contributed by atoms with Gasteiger partial charge < -0.3 is 5.11 Å². The quantitative estimate of drug-likeness (QED) is 0.469. The minimum absolute atomic E-state index is 0.0109. The van der Waals surface area contributed by atoms with Crippen LogP contribution in [0.4, 0.5) is 0 Å². The van der Waals surface area contributed by atoms with E-state index >= 15 is 0 Å². The highest BCUT2D eigenvalue weighted by Crippen LogP contribution is 2.53. The number of hydrogen-bond donors (Lipinski definition) is 1. The average Bonchev–Trinajstić information content (AvgIpc) is 2.97. The second-order valence-corrected chi connectivity index (χ2v) is 10.8. The summed E-state index contributed by atoms with van der Waals surface area (Å²) >= 11 is 0. The van der Waals surface area contributed by atoms with Crippen molar-refractivity contribution in [1.29, 1.82) is 0 Å². The minimum Gasteiger partial charge on any atom is -0.390 e. The van der Waals surface area contributed by atoms with Crippen LogP contribution in [0.15, 0.2) is 66.9 Å². The highest BCUT2D eigenvalue weighted by molar-refractivity contribution is 5.97. The molecule has 1 heterocycles. The smallest absolute Gasteiger partial charge is 0.167 e. The van der Waals surface area contributed by atoms with Crippen molar-refractivity contribution < 1.29 is 9.90 Å². The number of hydrogen-bond acceptors (Lipinski definition) is 3. The van der Waals surface area contributed by atoms with Gasteiger partial charge in [0.25, 0.3) is 0 Å². The summed E-state index contributed by atoms with van der Waals surface area (Å²) in [5, 5.41) is 11.0. The fourth-order valence-electron chi connectivity index (χ4n) is 6.52. The molecule has 2 aromatic carbocycles. The van der Waals surface area contributed by atoms with Crippen LogP contribution < -0.4 is 0 Å². The van der Waals surface area contributed by atoms with Crippen LogP contribution in [0.3, 0.4) is 0 Å². The number of pyridine rings is 1. The van der Waals surface area contributed by atoms with Crippen molar-refractivity contribution in [2.24, 2.45) is 5.92 Å². The van der Waals surface area contributed by atoms with Crippen LogP contribution in [0, 0.1) is 12.8 Å². The molecule has 0 aliphatic heterocycles. The summed E-state index contributed by atoms with van der Waals surface area (Å²) in [6.45, 7) is 3.97. The molecule has 0 amide bonds. The van der Waals surface area contributed by atoms with Gasteiger partial charge in [-0.05, 0) is 99.1 Å². The largest absolute Gasteiger partial charge is 0.390 e. The third-order valence-electron chi connectivity index (χ3n) is 8.37. The van der Waals surface area contributed by atoms with Crippen LogP contribution in [0.1, 0.15) is 77.3 Å². The Labute approximate surface area is 203 Å². The van der Waals surface area contributed by atoms with E-state index in [4.69, 9.17) is 0 Å². The van der Waals surface area contributed by atoms with Crippen molar-refractivity contribution in [3.05, 3.63) is 100 Å². The van der Waals surface area contributed by atoms with Crippen LogP contribution in [0.2, 0.25) is 0 Å². The first kappa shape index (κ1) is 23.0. The van der Waals surface area contributed by atoms with Gasteiger partial charge in [0.2, 0.25) is 0 Å². The zero-order valence-corrected chi connectivity index (χ0v) is 20.4. The number of ketones is 1. The highest BCUT2D eigenvalue weighted by Gasteiger charge is 2.49. The monoisotopic (exact) mass is 453 g/mol. The molecule has 3 aromatic rings. The number of carbonyl (C=O) groups excluding carboxylic acids is 1. The molecule has 0 radical (unpaired) electrons. The number of carbonyl (C=O) groups is 1. The van der Waals surface area contributed by atoms with E-state index in [2.05, 4.69) is 53.5 Å². The summed E-state index contributed by atoms with van der Waals surface area (Å²) in [6.07, 6.45) is 9.02. The van der Waals surface area contributed by atoms with E-state index < -0.39 is 5.60 Å². The van der Waals surface area contributed by atoms with E-state index in [1.54, 1.807) is 6.20 Å². The molecule has 0 saturated heterocycles. The van der Waals surface area contributed by atoms with E-state index in [0.717, 1.165) is 61.8 Å². The zero-order chi connectivity index (χ0) is 23.8. The van der Waals surface area contributed by atoms with E-state index in [0.29, 0.717) is 12.3 Å². The molecule has 0 bridgehead atoms. The lowest BCUT2D eigenvalue weighted by atomic mass is 9.56. The zero-order valence-electron chi connectivity index (χ0n) is 20.4. The van der Waals surface area contributed by atoms with Crippen molar-refractivity contribution in [2.75, 3.05) is 0 Å². The van der Waals surface area contributed by atoms with Gasteiger partial charge in [0, 0.05) is 29.3 Å². The van der Waals surface area contributed by atoms with E-state index in [1.807, 2.05) is 26.0 Å². The molecule has 5 rings (SSSR count). The van der Waals surface area contributed by atoms with Crippen LogP contribution in [-0.4, -0.2) is 21.5 Å². The van der Waals surface area contributed by atoms with Crippen molar-refractivity contribution in [3.8, 4) is 0 Å². The summed E-state index contributed by atoms with van der Waals surface area (Å²) in [5.41, 5.74) is 6.23. The third-order valence-corrected chi connectivity index (χ3v) is 8.37. The number of aryl methyl sites for hydroxylation is 2. The average molecular weight is 454 g/mol. The number of fused-ring (bicyclic) bond motifs is 3. The molecule has 1 fully saturated rings. The molecule has 3 atom stereocenters. The number of rotatable bonds is 5. The lowest BCUT2D eigenvalue weighted by Gasteiger charge is -2.49. The Morgan fingerprint density at radius 1 is 1.09 bits per heavy atom. The first-order chi connectivity index (χ1) is 16.4. The van der Waals surface area contributed by atoms with E-state index in [9.17, 15) is 9.90 Å². The molecule has 2 aliphatic rings. The maximum absolute atomic E-state index is 13.2. The first-order valence-electron chi connectivity index (χ1n) is 12.7. The van der Waals surface area contributed by atoms with Gasteiger partial charge in [0.15, 0.2) is 5.78 Å². The van der Waals surface area contributed by atoms with Gasteiger partial charge in [-0.3, -0.25) is 9.78 Å². The molecule has 34 heavy (non-hydrogen) atoms. The molecule has 3 heteroatoms. The molecular weight excluding hydrogens is 418 g/mol. The van der Waals surface area contributed by atoms with Gasteiger partial charge in [-0.15, -0.1) is 0 Å². The molecule has 3 nitrogen and oxygen atoms in total. The number of aromatic nitrogens is 1. The Balaban J connectivity index is 1.52. The molecule has 1 aromatic heterocycles. The SMILES string of the molecule is Cc1ncccc1CC(=O)c1ccc2c(c1)CCC[C@@H]1C[C@](C)(O)CC[C@@]21Cc1ccccc1. The van der Waals surface area contributed by atoms with Crippen LogP contribution >= 0.6 is 0 Å². The predicted molar refractivity (Wildman–Crippen MR) is 136 cm³/mol. The van der Waals surface area contributed by atoms with Crippen LogP contribution in [0.25, 0.3) is 0 Å². The summed E-state index contributed by atoms with van der Waals surface area (Å²) in [5.74, 6) is 0.598. The van der Waals surface area contributed by atoms with E-state index in [-0.39, 0.29) is 11.2 Å². The Morgan fingerprint density at radius 3 is 2.71 bits per heavy atom. The second kappa shape index (κ2) is 9.11. The van der Waals surface area contributed by atoms with Gasteiger partial charge in [0.1, 0.15) is 0 Å². The number of benzene rings is 2. The van der Waals surface area contributed by atoms with Crippen molar-refractivity contribution in [1.82, 2.24) is 4.98 Å². The van der Waals surface area contributed by atoms with Crippen molar-refractivity contribution in [2.45, 2.75) is 76.2 Å². The van der Waals surface area contributed by atoms with Gasteiger partial charge in [-0.1, -0.05) is 48.5 Å². The number of Topliss-reactive ketones (excluding diaryl/α,β-unsaturated/α-hetero) is 1. The Bertz CT molecular complexity index is 1180. The van der Waals surface area contributed by atoms with Crippen molar-refractivity contribution >= 4 is 5.78 Å². The molecule has 1 N–H and O–H groups in total. The van der Waals surface area contributed by atoms with Gasteiger partial charge in [-0.25, -0.2) is 0 Å². The Hall–Kier alpha value is -2.78. The highest BCUT2D eigenvalue weighted by atomic mass is 16.3. The third kappa shape index (κ3) is 4.46. The van der Waals surface area contributed by atoms with Crippen LogP contribution in [-0.2, 0) is 24.7 Å². The second-order valence-electron chi connectivity index (χ2n) is 10.8. The summed E-state index contributed by atoms with van der Waals surface area (Å²) < 4.78 is 0. The molecule has 1 saturated carbocycles. The van der Waals surface area contributed by atoms with E-state index in [1.165, 1.54) is 16.7 Å². The summed E-state index contributed by atoms with van der Waals surface area (Å²) in [4.78, 5) is 17.6. The van der Waals surface area contributed by atoms with Crippen molar-refractivity contribution in [3.63, 3.8) is 0 Å². The molecule has 176 valence electrons. The summed E-state index contributed by atoms with van der Waals surface area (Å²) in [7, 11) is 0. The molecule has 0 spiro atoms. The lowest BCUT2D eigenvalue weighted by Crippen LogP contribution is -2.47. The van der Waals surface area contributed by atoms with Gasteiger partial charge in [0.05, 0.1) is 5.60 Å². The Kier molecular flexibility index (Phi) is 6.16. The first-order valence-corrected chi connectivity index (χ1v) is 12.7. The van der Waals surface area contributed by atoms with Gasteiger partial charge >= 0.3 is 0 Å². The number of aliphatic hydroxyl groups is 1. The number of nitrogens with zero attached hydrogens (tertiary/aromatic N) is 1. The predicted octanol–water partition coefficient (Wildman–Crippen LogP) is 6.18. The normalized spacial score (nSPS) is 26.3. The molecule has 2 aliphatic carbocycles. The lowest BCUT2D eigenvalue weighted by molar-refractivity contribution is -0.0330. The standard InChI is InChI=1S/C31H35NO2/c1-22-24(11-7-17-32-22)19-29(33)26-13-14-28-25(18-26)10-6-12-27-21-30(2,34)15-16-31(27,28)20-23-8-4-3-5-9-23/h3-5,7-9,11,13-14,17-18,27,34H,6,10,12,15-16,19-21H2,1-2H3/t27-,30-,31+/m1/s1. The fraction of sp³-hybridized carbons (Fsp3) is 0.419. The van der Waals surface area contributed by atoms with Gasteiger partial charge in [-0.2, -0.15) is 0 Å². The molecular formula is C31H35NO2. The maximum atomic E-state index is 13.2. The molecule has 0 unspecified atom stereocenters. The maximum Gasteiger partial charge on any atom is 0.167 e. The van der Waals surface area contributed by atoms with Crippen LogP contribution in [0.5, 0.6) is 0 Å². The summed E-state index contributed by atoms with van der Waals surface area (Å²) in [6, 6.07) is 21.2.